The molecule has 1 aromatic carbocycles. The highest BCUT2D eigenvalue weighted by molar-refractivity contribution is 6.31. The van der Waals surface area contributed by atoms with Crippen molar-refractivity contribution in [1.29, 1.82) is 0 Å². The summed E-state index contributed by atoms with van der Waals surface area (Å²) in [5.74, 6) is 2.66. The van der Waals surface area contributed by atoms with Crippen molar-refractivity contribution in [3.63, 3.8) is 0 Å². The third kappa shape index (κ3) is 5.02. The van der Waals surface area contributed by atoms with Crippen LogP contribution in [0.25, 0.3) is 0 Å². The van der Waals surface area contributed by atoms with E-state index in [-0.39, 0.29) is 11.9 Å². The van der Waals surface area contributed by atoms with E-state index in [0.29, 0.717) is 62.6 Å². The molecule has 0 aromatic heterocycles. The van der Waals surface area contributed by atoms with Gasteiger partial charge in [0, 0.05) is 62.6 Å². The number of carbonyl (C=O) groups excluding carboxylic acids is 2. The largest absolute Gasteiger partial charge is 0.339 e. The van der Waals surface area contributed by atoms with Gasteiger partial charge in [-0.1, -0.05) is 17.7 Å². The normalized spacial score (nSPS) is 17.2. The maximum absolute atomic E-state index is 12.5. The van der Waals surface area contributed by atoms with Crippen molar-refractivity contribution in [3.8, 4) is 12.3 Å². The molecular formula is C20H24ClN5O2. The second kappa shape index (κ2) is 8.61. The number of carbonyl (C=O) groups is 2. The zero-order valence-corrected chi connectivity index (χ0v) is 16.7. The molecule has 7 nitrogen and oxygen atoms in total. The maximum Gasteiger partial charge on any atom is 0.321 e. The van der Waals surface area contributed by atoms with Crippen LogP contribution in [0.1, 0.15) is 31.2 Å². The highest BCUT2D eigenvalue weighted by Crippen LogP contribution is 2.37. The Morgan fingerprint density at radius 1 is 1.21 bits per heavy atom. The van der Waals surface area contributed by atoms with Crippen LogP contribution in [-0.2, 0) is 4.79 Å². The van der Waals surface area contributed by atoms with Crippen LogP contribution in [0.3, 0.4) is 0 Å². The van der Waals surface area contributed by atoms with Crippen LogP contribution in [0.2, 0.25) is 5.02 Å². The van der Waals surface area contributed by atoms with Crippen molar-refractivity contribution >= 4 is 29.2 Å². The number of halogens is 1. The number of benzene rings is 1. The van der Waals surface area contributed by atoms with Crippen LogP contribution < -0.4 is 5.32 Å². The standard InChI is InChI=1S/C20H24ClN5O2/c1-3-4-8-20(23-24-20)9-7-18(27)25-10-12-26(13-11-25)19(28)22-16-6-5-15(2)17(21)14-16/h1,5-6,14H,4,7-13H2,2H3,(H,22,28). The van der Waals surface area contributed by atoms with Crippen molar-refractivity contribution < 1.29 is 9.59 Å². The predicted molar refractivity (Wildman–Crippen MR) is 108 cm³/mol. The minimum atomic E-state index is -0.431. The van der Waals surface area contributed by atoms with Crippen LogP contribution in [0.5, 0.6) is 0 Å². The monoisotopic (exact) mass is 401 g/mol. The number of rotatable bonds is 6. The summed E-state index contributed by atoms with van der Waals surface area (Å²) in [6, 6.07) is 5.24. The summed E-state index contributed by atoms with van der Waals surface area (Å²) in [5.41, 5.74) is 1.19. The number of amides is 3. The Bertz CT molecular complexity index is 818. The van der Waals surface area contributed by atoms with Gasteiger partial charge in [-0.25, -0.2) is 4.79 Å². The molecule has 8 heteroatoms. The molecule has 0 unspecified atom stereocenters. The molecule has 2 heterocycles. The maximum atomic E-state index is 12.5. The number of terminal acetylenes is 1. The van der Waals surface area contributed by atoms with Gasteiger partial charge in [0.25, 0.3) is 0 Å². The lowest BCUT2D eigenvalue weighted by atomic mass is 10.0. The Morgan fingerprint density at radius 2 is 1.89 bits per heavy atom. The molecule has 1 N–H and O–H groups in total. The van der Waals surface area contributed by atoms with Crippen molar-refractivity contribution in [2.45, 2.75) is 38.3 Å². The highest BCUT2D eigenvalue weighted by atomic mass is 35.5. The molecule has 3 rings (SSSR count). The number of nitrogens with zero attached hydrogens (tertiary/aromatic N) is 4. The molecule has 2 aliphatic rings. The molecular weight excluding hydrogens is 378 g/mol. The van der Waals surface area contributed by atoms with Crippen molar-refractivity contribution in [2.75, 3.05) is 31.5 Å². The Balaban J connectivity index is 1.42. The van der Waals surface area contributed by atoms with E-state index in [4.69, 9.17) is 18.0 Å². The van der Waals surface area contributed by atoms with Gasteiger partial charge in [0.2, 0.25) is 5.91 Å². The molecule has 0 aliphatic carbocycles. The number of aryl methyl sites for hydroxylation is 1. The van der Waals surface area contributed by atoms with Crippen LogP contribution in [0.4, 0.5) is 10.5 Å². The molecule has 3 amide bonds. The van der Waals surface area contributed by atoms with Gasteiger partial charge in [0.05, 0.1) is 0 Å². The average molecular weight is 402 g/mol. The van der Waals surface area contributed by atoms with Crippen LogP contribution >= 0.6 is 11.6 Å². The van der Waals surface area contributed by atoms with Crippen LogP contribution in [-0.4, -0.2) is 53.6 Å². The minimum Gasteiger partial charge on any atom is -0.339 e. The number of piperazine rings is 1. The fourth-order valence-corrected chi connectivity index (χ4v) is 3.35. The highest BCUT2D eigenvalue weighted by Gasteiger charge is 2.39. The molecule has 0 radical (unpaired) electrons. The molecule has 1 aromatic rings. The molecule has 0 spiro atoms. The second-order valence-electron chi connectivity index (χ2n) is 7.15. The first-order valence-electron chi connectivity index (χ1n) is 9.40. The van der Waals surface area contributed by atoms with E-state index in [0.717, 1.165) is 5.56 Å². The van der Waals surface area contributed by atoms with Crippen molar-refractivity contribution in [2.24, 2.45) is 10.2 Å². The van der Waals surface area contributed by atoms with Crippen LogP contribution in [0.15, 0.2) is 28.4 Å². The third-order valence-corrected chi connectivity index (χ3v) is 5.54. The summed E-state index contributed by atoms with van der Waals surface area (Å²) in [7, 11) is 0. The van der Waals surface area contributed by atoms with Crippen molar-refractivity contribution in [1.82, 2.24) is 9.80 Å². The fourth-order valence-electron chi connectivity index (χ4n) is 3.17. The Morgan fingerprint density at radius 3 is 2.50 bits per heavy atom. The zero-order chi connectivity index (χ0) is 20.1. The molecule has 1 fully saturated rings. The summed E-state index contributed by atoms with van der Waals surface area (Å²) in [4.78, 5) is 28.4. The molecule has 1 saturated heterocycles. The fraction of sp³-hybridized carbons (Fsp3) is 0.500. The van der Waals surface area contributed by atoms with E-state index in [2.05, 4.69) is 21.5 Å². The van der Waals surface area contributed by atoms with E-state index >= 15 is 0 Å². The Kier molecular flexibility index (Phi) is 6.20. The number of hydrogen-bond acceptors (Lipinski definition) is 4. The molecule has 2 aliphatic heterocycles. The Hall–Kier alpha value is -2.59. The first-order valence-corrected chi connectivity index (χ1v) is 9.78. The summed E-state index contributed by atoms with van der Waals surface area (Å²) in [5, 5.41) is 11.6. The summed E-state index contributed by atoms with van der Waals surface area (Å²) >= 11 is 6.10. The third-order valence-electron chi connectivity index (χ3n) is 5.13. The predicted octanol–water partition coefficient (Wildman–Crippen LogP) is 3.68. The van der Waals surface area contributed by atoms with Gasteiger partial charge >= 0.3 is 6.03 Å². The zero-order valence-electron chi connectivity index (χ0n) is 15.9. The van der Waals surface area contributed by atoms with Crippen molar-refractivity contribution in [3.05, 3.63) is 28.8 Å². The summed E-state index contributed by atoms with van der Waals surface area (Å²) in [6.45, 7) is 3.94. The van der Waals surface area contributed by atoms with E-state index in [1.165, 1.54) is 0 Å². The lowest BCUT2D eigenvalue weighted by molar-refractivity contribution is -0.132. The first-order chi connectivity index (χ1) is 13.4. The van der Waals surface area contributed by atoms with E-state index in [9.17, 15) is 9.59 Å². The second-order valence-corrected chi connectivity index (χ2v) is 7.56. The van der Waals surface area contributed by atoms with Crippen LogP contribution in [0, 0.1) is 19.3 Å². The quantitative estimate of drug-likeness (QED) is 0.738. The van der Waals surface area contributed by atoms with E-state index < -0.39 is 5.66 Å². The molecule has 148 valence electrons. The topological polar surface area (TPSA) is 77.4 Å². The van der Waals surface area contributed by atoms with Gasteiger partial charge in [-0.2, -0.15) is 10.2 Å². The van der Waals surface area contributed by atoms with Gasteiger partial charge in [0.1, 0.15) is 0 Å². The minimum absolute atomic E-state index is 0.0720. The molecule has 0 saturated carbocycles. The number of hydrogen-bond donors (Lipinski definition) is 1. The lowest BCUT2D eigenvalue weighted by Crippen LogP contribution is -2.51. The summed E-state index contributed by atoms with van der Waals surface area (Å²) < 4.78 is 0. The van der Waals surface area contributed by atoms with Gasteiger partial charge in [-0.15, -0.1) is 12.3 Å². The number of nitrogens with one attached hydrogen (secondary N) is 1. The van der Waals surface area contributed by atoms with E-state index in [1.807, 2.05) is 19.1 Å². The lowest BCUT2D eigenvalue weighted by Gasteiger charge is -2.35. The molecule has 28 heavy (non-hydrogen) atoms. The van der Waals surface area contributed by atoms with Gasteiger partial charge < -0.3 is 15.1 Å². The smallest absolute Gasteiger partial charge is 0.321 e. The first kappa shape index (κ1) is 20.2. The average Bonchev–Trinajstić information content (AvgIpc) is 3.48. The summed E-state index contributed by atoms with van der Waals surface area (Å²) in [6.07, 6.45) is 7.59. The molecule has 0 bridgehead atoms. The van der Waals surface area contributed by atoms with Gasteiger partial charge in [0.15, 0.2) is 5.66 Å². The van der Waals surface area contributed by atoms with E-state index in [1.54, 1.807) is 15.9 Å². The number of anilines is 1. The molecule has 0 atom stereocenters. The number of urea groups is 1. The van der Waals surface area contributed by atoms with Gasteiger partial charge in [-0.05, 0) is 24.6 Å². The SMILES string of the molecule is C#CCCC1(CCC(=O)N2CCN(C(=O)Nc3ccc(C)c(Cl)c3)CC2)N=N1. The Labute approximate surface area is 170 Å². The van der Waals surface area contributed by atoms with Gasteiger partial charge in [-0.3, -0.25) is 4.79 Å².